The predicted octanol–water partition coefficient (Wildman–Crippen LogP) is 5.55. The molecule has 0 saturated carbocycles. The molecule has 154 valence electrons. The smallest absolute Gasteiger partial charge is 0.284 e. The largest absolute Gasteiger partial charge is 0.490 e. The number of pyridine rings is 2. The fourth-order valence-corrected chi connectivity index (χ4v) is 2.87. The second-order valence-electron chi connectivity index (χ2n) is 7.31. The van der Waals surface area contributed by atoms with Crippen molar-refractivity contribution in [3.8, 4) is 17.0 Å². The van der Waals surface area contributed by atoms with Crippen LogP contribution in [0.1, 0.15) is 57.9 Å². The van der Waals surface area contributed by atoms with Gasteiger partial charge in [0.2, 0.25) is 0 Å². The maximum absolute atomic E-state index is 13.5. The van der Waals surface area contributed by atoms with Gasteiger partial charge in [0.1, 0.15) is 23.7 Å². The van der Waals surface area contributed by atoms with E-state index < -0.39 is 29.8 Å². The van der Waals surface area contributed by atoms with Crippen LogP contribution in [0.3, 0.4) is 0 Å². The first-order valence-corrected chi connectivity index (χ1v) is 9.08. The van der Waals surface area contributed by atoms with Gasteiger partial charge in [0.25, 0.3) is 12.9 Å². The van der Waals surface area contributed by atoms with E-state index in [4.69, 9.17) is 10.5 Å². The van der Waals surface area contributed by atoms with E-state index in [1.807, 2.05) is 6.92 Å². The molecule has 0 spiro atoms. The molecule has 8 heteroatoms. The Morgan fingerprint density at radius 1 is 1.14 bits per heavy atom. The molecular weight excluding hydrogens is 374 g/mol. The summed E-state index contributed by atoms with van der Waals surface area (Å²) in [4.78, 5) is 7.49. The van der Waals surface area contributed by atoms with Gasteiger partial charge in [-0.05, 0) is 43.5 Å². The van der Waals surface area contributed by atoms with Crippen LogP contribution in [-0.2, 0) is 0 Å². The van der Waals surface area contributed by atoms with Crippen molar-refractivity contribution in [2.75, 3.05) is 6.61 Å². The average Bonchev–Trinajstić information content (AvgIpc) is 2.65. The maximum Gasteiger partial charge on any atom is 0.284 e. The lowest BCUT2D eigenvalue weighted by Crippen LogP contribution is -2.43. The molecular formula is C20H25F4N3O. The molecule has 2 heterocycles. The van der Waals surface area contributed by atoms with Gasteiger partial charge in [0.05, 0.1) is 5.69 Å². The van der Waals surface area contributed by atoms with Gasteiger partial charge in [-0.2, -0.15) is 0 Å². The number of rotatable bonds is 9. The van der Waals surface area contributed by atoms with Gasteiger partial charge in [-0.3, -0.25) is 4.98 Å². The molecule has 0 aromatic carbocycles. The van der Waals surface area contributed by atoms with E-state index >= 15 is 0 Å². The Hall–Kier alpha value is -2.22. The maximum atomic E-state index is 13.5. The molecule has 28 heavy (non-hydrogen) atoms. The summed E-state index contributed by atoms with van der Waals surface area (Å²) in [5.74, 6) is 0.312. The molecule has 0 aliphatic carbocycles. The van der Waals surface area contributed by atoms with Crippen LogP contribution >= 0.6 is 0 Å². The number of nitrogens with zero attached hydrogens (tertiary/aromatic N) is 2. The van der Waals surface area contributed by atoms with Gasteiger partial charge in [0.15, 0.2) is 0 Å². The molecule has 0 saturated heterocycles. The van der Waals surface area contributed by atoms with Crippen molar-refractivity contribution in [2.45, 2.75) is 52.0 Å². The van der Waals surface area contributed by atoms with E-state index in [2.05, 4.69) is 23.8 Å². The third kappa shape index (κ3) is 5.89. The third-order valence-electron chi connectivity index (χ3n) is 4.46. The zero-order chi connectivity index (χ0) is 20.9. The first-order valence-electron chi connectivity index (χ1n) is 9.08. The Balaban J connectivity index is 2.25. The Labute approximate surface area is 162 Å². The predicted molar refractivity (Wildman–Crippen MR) is 99.5 cm³/mol. The van der Waals surface area contributed by atoms with Crippen molar-refractivity contribution in [1.29, 1.82) is 0 Å². The summed E-state index contributed by atoms with van der Waals surface area (Å²) in [6, 6.07) is 5.39. The summed E-state index contributed by atoms with van der Waals surface area (Å²) in [5, 5.41) is 0. The summed E-state index contributed by atoms with van der Waals surface area (Å²) in [6.45, 7) is 5.99. The molecule has 4 nitrogen and oxygen atoms in total. The van der Waals surface area contributed by atoms with Crippen LogP contribution in [0.25, 0.3) is 11.3 Å². The van der Waals surface area contributed by atoms with E-state index in [0.29, 0.717) is 12.3 Å². The SMILES string of the molecule is CCC(C)C[C@](C)(N)COc1ccc(-c2ccnc(C(F)F)c2)nc1C(F)F. The number of alkyl halides is 4. The molecule has 0 aliphatic heterocycles. The van der Waals surface area contributed by atoms with Crippen molar-refractivity contribution in [3.63, 3.8) is 0 Å². The highest BCUT2D eigenvalue weighted by Crippen LogP contribution is 2.32. The molecule has 1 unspecified atom stereocenters. The normalized spacial score (nSPS) is 14.9. The molecule has 2 atom stereocenters. The Morgan fingerprint density at radius 2 is 1.86 bits per heavy atom. The van der Waals surface area contributed by atoms with Crippen LogP contribution in [0, 0.1) is 5.92 Å². The molecule has 2 aromatic heterocycles. The summed E-state index contributed by atoms with van der Waals surface area (Å²) >= 11 is 0. The highest BCUT2D eigenvalue weighted by Gasteiger charge is 2.24. The minimum absolute atomic E-state index is 0.0584. The number of hydrogen-bond acceptors (Lipinski definition) is 4. The van der Waals surface area contributed by atoms with Crippen LogP contribution in [0.2, 0.25) is 0 Å². The van der Waals surface area contributed by atoms with Gasteiger partial charge in [-0.1, -0.05) is 20.3 Å². The molecule has 0 radical (unpaired) electrons. The number of halogens is 4. The number of nitrogens with two attached hydrogens (primary N) is 1. The first-order chi connectivity index (χ1) is 13.1. The summed E-state index contributed by atoms with van der Waals surface area (Å²) in [6.07, 6.45) is -2.81. The zero-order valence-electron chi connectivity index (χ0n) is 16.1. The van der Waals surface area contributed by atoms with Gasteiger partial charge >= 0.3 is 0 Å². The molecule has 2 aromatic rings. The third-order valence-corrected chi connectivity index (χ3v) is 4.46. The molecule has 0 amide bonds. The van der Waals surface area contributed by atoms with Crippen LogP contribution in [0.5, 0.6) is 5.75 Å². The molecule has 0 fully saturated rings. The van der Waals surface area contributed by atoms with Gasteiger partial charge in [0, 0.05) is 17.3 Å². The van der Waals surface area contributed by atoms with Crippen molar-refractivity contribution in [1.82, 2.24) is 9.97 Å². The summed E-state index contributed by atoms with van der Waals surface area (Å²) in [7, 11) is 0. The van der Waals surface area contributed by atoms with Gasteiger partial charge < -0.3 is 10.5 Å². The Morgan fingerprint density at radius 3 is 2.46 bits per heavy atom. The van der Waals surface area contributed by atoms with E-state index in [9.17, 15) is 17.6 Å². The van der Waals surface area contributed by atoms with Crippen LogP contribution < -0.4 is 10.5 Å². The standard InChI is InChI=1S/C20H25F4N3O/c1-4-12(2)10-20(3,25)11-28-16-6-5-14(27-17(16)19(23)24)13-7-8-26-15(9-13)18(21)22/h5-9,12,18-19H,4,10-11,25H2,1-3H3/t12?,20-/m0/s1. The number of hydrogen-bond donors (Lipinski definition) is 1. The van der Waals surface area contributed by atoms with Crippen molar-refractivity contribution in [2.24, 2.45) is 11.7 Å². The average molecular weight is 399 g/mol. The molecule has 0 bridgehead atoms. The fraction of sp³-hybridized carbons (Fsp3) is 0.500. The monoisotopic (exact) mass is 399 g/mol. The van der Waals surface area contributed by atoms with E-state index in [1.165, 1.54) is 24.4 Å². The van der Waals surface area contributed by atoms with Gasteiger partial charge in [-0.25, -0.2) is 22.5 Å². The van der Waals surface area contributed by atoms with Crippen LogP contribution in [0.4, 0.5) is 17.6 Å². The highest BCUT2D eigenvalue weighted by atomic mass is 19.3. The number of ether oxygens (including phenoxy) is 1. The first kappa shape index (κ1) is 22.1. The van der Waals surface area contributed by atoms with Crippen LogP contribution in [0.15, 0.2) is 30.5 Å². The number of aromatic nitrogens is 2. The molecule has 2 N–H and O–H groups in total. The quantitative estimate of drug-likeness (QED) is 0.562. The van der Waals surface area contributed by atoms with Crippen LogP contribution in [-0.4, -0.2) is 22.1 Å². The lowest BCUT2D eigenvalue weighted by atomic mass is 9.90. The summed E-state index contributed by atoms with van der Waals surface area (Å²) in [5.41, 5.74) is 4.97. The van der Waals surface area contributed by atoms with E-state index in [1.54, 1.807) is 0 Å². The van der Waals surface area contributed by atoms with E-state index in [0.717, 1.165) is 12.5 Å². The van der Waals surface area contributed by atoms with Crippen molar-refractivity contribution >= 4 is 0 Å². The molecule has 0 aliphatic rings. The zero-order valence-corrected chi connectivity index (χ0v) is 16.1. The van der Waals surface area contributed by atoms with Crippen molar-refractivity contribution in [3.05, 3.63) is 41.9 Å². The second-order valence-corrected chi connectivity index (χ2v) is 7.31. The second kappa shape index (κ2) is 9.32. The van der Waals surface area contributed by atoms with Crippen molar-refractivity contribution < 1.29 is 22.3 Å². The van der Waals surface area contributed by atoms with Gasteiger partial charge in [-0.15, -0.1) is 0 Å². The Bertz CT molecular complexity index is 784. The van der Waals surface area contributed by atoms with E-state index in [-0.39, 0.29) is 23.6 Å². The highest BCUT2D eigenvalue weighted by molar-refractivity contribution is 5.60. The minimum atomic E-state index is -2.88. The Kier molecular flexibility index (Phi) is 7.35. The fourth-order valence-electron chi connectivity index (χ4n) is 2.87. The summed E-state index contributed by atoms with van der Waals surface area (Å²) < 4.78 is 58.2. The lowest BCUT2D eigenvalue weighted by Gasteiger charge is -2.28. The lowest BCUT2D eigenvalue weighted by molar-refractivity contribution is 0.134. The molecule has 2 rings (SSSR count). The minimum Gasteiger partial charge on any atom is -0.490 e. The topological polar surface area (TPSA) is 61.0 Å².